The summed E-state index contributed by atoms with van der Waals surface area (Å²) in [7, 11) is 0. The average molecular weight is 319 g/mol. The quantitative estimate of drug-likeness (QED) is 0.850. The van der Waals surface area contributed by atoms with Gasteiger partial charge in [0.2, 0.25) is 0 Å². The van der Waals surface area contributed by atoms with Gasteiger partial charge in [-0.25, -0.2) is 0 Å². The Balaban J connectivity index is 1.56. The third kappa shape index (κ3) is 3.81. The van der Waals surface area contributed by atoms with Crippen LogP contribution in [0.1, 0.15) is 11.5 Å². The maximum atomic E-state index is 12.5. The maximum Gasteiger partial charge on any atom is 0.168 e. The van der Waals surface area contributed by atoms with Crippen LogP contribution in [-0.4, -0.2) is 43.4 Å². The van der Waals surface area contributed by atoms with Crippen molar-refractivity contribution in [3.05, 3.63) is 66.2 Å². The first-order valence-electron chi connectivity index (χ1n) is 8.27. The maximum absolute atomic E-state index is 12.5. The molecular weight excluding hydrogens is 298 g/mol. The highest BCUT2D eigenvalue weighted by Crippen LogP contribution is 2.18. The molecule has 1 saturated heterocycles. The predicted molar refractivity (Wildman–Crippen MR) is 94.9 cm³/mol. The number of carbonyl (C=O) groups excluding carboxylic acids is 1. The highest BCUT2D eigenvalue weighted by molar-refractivity contribution is 5.90. The number of hydrogen-bond acceptors (Lipinski definition) is 4. The second kappa shape index (κ2) is 7.76. The lowest BCUT2D eigenvalue weighted by atomic mass is 9.96. The van der Waals surface area contributed by atoms with E-state index in [0.29, 0.717) is 6.54 Å². The first kappa shape index (κ1) is 16.2. The molecule has 0 bridgehead atoms. The summed E-state index contributed by atoms with van der Waals surface area (Å²) in [6.07, 6.45) is 0. The molecule has 0 aliphatic carbocycles. The van der Waals surface area contributed by atoms with Gasteiger partial charge in [0.05, 0.1) is 12.6 Å². The normalized spacial score (nSPS) is 16.4. The Morgan fingerprint density at radius 2 is 1.54 bits per heavy atom. The SMILES string of the molecule is N#C[C@@H](C(=O)CN1CCN(c2ccccc2)CC1)c1ccccc1. The number of ketones is 1. The Morgan fingerprint density at radius 3 is 2.12 bits per heavy atom. The molecule has 0 unspecified atom stereocenters. The van der Waals surface area contributed by atoms with Crippen LogP contribution in [0.3, 0.4) is 0 Å². The van der Waals surface area contributed by atoms with Crippen molar-refractivity contribution in [1.82, 2.24) is 4.90 Å². The summed E-state index contributed by atoms with van der Waals surface area (Å²) in [6, 6.07) is 21.8. The van der Waals surface area contributed by atoms with E-state index in [1.54, 1.807) is 0 Å². The summed E-state index contributed by atoms with van der Waals surface area (Å²) in [5.41, 5.74) is 2.01. The number of nitrogens with zero attached hydrogens (tertiary/aromatic N) is 3. The van der Waals surface area contributed by atoms with Crippen molar-refractivity contribution in [2.45, 2.75) is 5.92 Å². The number of Topliss-reactive ketones (excluding diaryl/α,β-unsaturated/α-hetero) is 1. The summed E-state index contributed by atoms with van der Waals surface area (Å²) in [4.78, 5) is 17.0. The third-order valence-electron chi connectivity index (χ3n) is 4.46. The molecule has 0 spiro atoms. The van der Waals surface area contributed by atoms with Gasteiger partial charge in [0.1, 0.15) is 5.92 Å². The number of hydrogen-bond donors (Lipinski definition) is 0. The molecule has 1 aliphatic heterocycles. The molecular formula is C20H21N3O. The lowest BCUT2D eigenvalue weighted by Gasteiger charge is -2.36. The van der Waals surface area contributed by atoms with Crippen LogP contribution in [0.25, 0.3) is 0 Å². The van der Waals surface area contributed by atoms with E-state index in [1.165, 1.54) is 5.69 Å². The number of nitriles is 1. The molecule has 4 nitrogen and oxygen atoms in total. The zero-order chi connectivity index (χ0) is 16.8. The van der Waals surface area contributed by atoms with E-state index in [9.17, 15) is 10.1 Å². The fourth-order valence-electron chi connectivity index (χ4n) is 3.09. The van der Waals surface area contributed by atoms with E-state index in [-0.39, 0.29) is 5.78 Å². The molecule has 1 aliphatic rings. The number of benzene rings is 2. The van der Waals surface area contributed by atoms with E-state index in [2.05, 4.69) is 28.0 Å². The number of rotatable bonds is 5. The number of para-hydroxylation sites is 1. The number of carbonyl (C=O) groups is 1. The molecule has 1 fully saturated rings. The molecule has 4 heteroatoms. The lowest BCUT2D eigenvalue weighted by molar-refractivity contribution is -0.120. The van der Waals surface area contributed by atoms with Crippen LogP contribution in [0, 0.1) is 11.3 Å². The monoisotopic (exact) mass is 319 g/mol. The standard InChI is InChI=1S/C20H21N3O/c21-15-19(17-7-3-1-4-8-17)20(24)16-22-11-13-23(14-12-22)18-9-5-2-6-10-18/h1-10,19H,11-14,16H2/t19-/m1/s1. The first-order chi connectivity index (χ1) is 11.8. The fraction of sp³-hybridized carbons (Fsp3) is 0.300. The van der Waals surface area contributed by atoms with Gasteiger partial charge in [-0.3, -0.25) is 9.69 Å². The van der Waals surface area contributed by atoms with Crippen molar-refractivity contribution in [2.24, 2.45) is 0 Å². The molecule has 0 N–H and O–H groups in total. The molecule has 0 aromatic heterocycles. The smallest absolute Gasteiger partial charge is 0.168 e. The highest BCUT2D eigenvalue weighted by Gasteiger charge is 2.24. The van der Waals surface area contributed by atoms with Gasteiger partial charge in [0.15, 0.2) is 5.78 Å². The minimum absolute atomic E-state index is 0.0168. The molecule has 24 heavy (non-hydrogen) atoms. The first-order valence-corrected chi connectivity index (χ1v) is 8.27. The van der Waals surface area contributed by atoms with E-state index in [4.69, 9.17) is 0 Å². The van der Waals surface area contributed by atoms with Gasteiger partial charge in [0.25, 0.3) is 0 Å². The van der Waals surface area contributed by atoms with Gasteiger partial charge < -0.3 is 4.90 Å². The summed E-state index contributed by atoms with van der Waals surface area (Å²) < 4.78 is 0. The lowest BCUT2D eigenvalue weighted by Crippen LogP contribution is -2.48. The zero-order valence-corrected chi connectivity index (χ0v) is 13.6. The van der Waals surface area contributed by atoms with E-state index in [1.807, 2.05) is 48.5 Å². The van der Waals surface area contributed by atoms with Crippen LogP contribution in [0.2, 0.25) is 0 Å². The summed E-state index contributed by atoms with van der Waals surface area (Å²) in [5, 5.41) is 9.37. The summed E-state index contributed by atoms with van der Waals surface area (Å²) in [5.74, 6) is -0.685. The van der Waals surface area contributed by atoms with Gasteiger partial charge >= 0.3 is 0 Å². The zero-order valence-electron chi connectivity index (χ0n) is 13.6. The van der Waals surface area contributed by atoms with Gasteiger partial charge in [-0.05, 0) is 17.7 Å². The third-order valence-corrected chi connectivity index (χ3v) is 4.46. The van der Waals surface area contributed by atoms with Gasteiger partial charge in [-0.2, -0.15) is 5.26 Å². The Kier molecular flexibility index (Phi) is 5.25. The van der Waals surface area contributed by atoms with Gasteiger partial charge in [-0.1, -0.05) is 48.5 Å². The predicted octanol–water partition coefficient (Wildman–Crippen LogP) is 2.69. The average Bonchev–Trinajstić information content (AvgIpc) is 2.64. The largest absolute Gasteiger partial charge is 0.369 e. The topological polar surface area (TPSA) is 47.3 Å². The minimum Gasteiger partial charge on any atom is -0.369 e. The Hall–Kier alpha value is -2.64. The van der Waals surface area contributed by atoms with Crippen LogP contribution in [0.5, 0.6) is 0 Å². The molecule has 0 radical (unpaired) electrons. The Bertz CT molecular complexity index is 701. The fourth-order valence-corrected chi connectivity index (χ4v) is 3.09. The second-order valence-electron chi connectivity index (χ2n) is 6.04. The minimum atomic E-state index is -0.668. The van der Waals surface area contributed by atoms with Crippen LogP contribution >= 0.6 is 0 Å². The van der Waals surface area contributed by atoms with Gasteiger partial charge in [0, 0.05) is 31.9 Å². The Labute approximate surface area is 142 Å². The molecule has 2 aromatic carbocycles. The van der Waals surface area contributed by atoms with Crippen LogP contribution < -0.4 is 4.90 Å². The molecule has 0 amide bonds. The van der Waals surface area contributed by atoms with E-state index < -0.39 is 5.92 Å². The molecule has 3 rings (SSSR count). The van der Waals surface area contributed by atoms with Crippen LogP contribution in [0.15, 0.2) is 60.7 Å². The van der Waals surface area contributed by atoms with Crippen molar-refractivity contribution in [2.75, 3.05) is 37.6 Å². The molecule has 0 saturated carbocycles. The molecule has 1 heterocycles. The van der Waals surface area contributed by atoms with Crippen molar-refractivity contribution >= 4 is 11.5 Å². The van der Waals surface area contributed by atoms with Crippen LogP contribution in [-0.2, 0) is 4.79 Å². The van der Waals surface area contributed by atoms with Crippen molar-refractivity contribution in [3.8, 4) is 6.07 Å². The van der Waals surface area contributed by atoms with Crippen molar-refractivity contribution in [1.29, 1.82) is 5.26 Å². The number of piperazine rings is 1. The number of anilines is 1. The molecule has 2 aromatic rings. The van der Waals surface area contributed by atoms with Crippen LogP contribution in [0.4, 0.5) is 5.69 Å². The molecule has 122 valence electrons. The van der Waals surface area contributed by atoms with E-state index in [0.717, 1.165) is 31.7 Å². The highest BCUT2D eigenvalue weighted by atomic mass is 16.1. The summed E-state index contributed by atoms with van der Waals surface area (Å²) in [6.45, 7) is 3.83. The van der Waals surface area contributed by atoms with Crippen molar-refractivity contribution < 1.29 is 4.79 Å². The van der Waals surface area contributed by atoms with Gasteiger partial charge in [-0.15, -0.1) is 0 Å². The van der Waals surface area contributed by atoms with E-state index >= 15 is 0 Å². The van der Waals surface area contributed by atoms with Crippen molar-refractivity contribution in [3.63, 3.8) is 0 Å². The molecule has 1 atom stereocenters. The second-order valence-corrected chi connectivity index (χ2v) is 6.04. The Morgan fingerprint density at radius 1 is 0.958 bits per heavy atom. The summed E-state index contributed by atoms with van der Waals surface area (Å²) >= 11 is 0.